The van der Waals surface area contributed by atoms with E-state index in [1.807, 2.05) is 26.0 Å². The van der Waals surface area contributed by atoms with Crippen molar-refractivity contribution in [1.82, 2.24) is 0 Å². The molecule has 0 saturated carbocycles. The minimum Gasteiger partial charge on any atom is -0.457 e. The molecule has 6 nitrogen and oxygen atoms in total. The standard InChI is InChI=1S/C15H17N3O3/c1-7-4-10-11(5-8(7)2)21-15(18-10)6-9(3)20-14(17)12(15)13(16)19/h4-6,18H,17H2,1-3H3,(H2,16,19). The Morgan fingerprint density at radius 3 is 2.57 bits per heavy atom. The van der Waals surface area contributed by atoms with Crippen LogP contribution in [0.1, 0.15) is 18.1 Å². The van der Waals surface area contributed by atoms with Crippen molar-refractivity contribution in [2.45, 2.75) is 26.5 Å². The molecule has 1 spiro atoms. The maximum absolute atomic E-state index is 11.8. The first-order chi connectivity index (χ1) is 9.82. The summed E-state index contributed by atoms with van der Waals surface area (Å²) in [6.45, 7) is 5.73. The number of anilines is 1. The molecule has 2 heterocycles. The van der Waals surface area contributed by atoms with Gasteiger partial charge in [0, 0.05) is 6.08 Å². The van der Waals surface area contributed by atoms with Gasteiger partial charge in [-0.3, -0.25) is 4.79 Å². The second-order valence-electron chi connectivity index (χ2n) is 5.36. The van der Waals surface area contributed by atoms with Crippen LogP contribution in [0.5, 0.6) is 5.75 Å². The van der Waals surface area contributed by atoms with Crippen LogP contribution in [0.2, 0.25) is 0 Å². The highest BCUT2D eigenvalue weighted by molar-refractivity contribution is 5.97. The largest absolute Gasteiger partial charge is 0.457 e. The van der Waals surface area contributed by atoms with Gasteiger partial charge in [0.2, 0.25) is 11.6 Å². The van der Waals surface area contributed by atoms with Crippen molar-refractivity contribution in [3.63, 3.8) is 0 Å². The van der Waals surface area contributed by atoms with Crippen molar-refractivity contribution in [3.8, 4) is 5.75 Å². The molecule has 0 radical (unpaired) electrons. The Hall–Kier alpha value is -2.63. The van der Waals surface area contributed by atoms with Crippen molar-refractivity contribution in [1.29, 1.82) is 0 Å². The van der Waals surface area contributed by atoms with Crippen molar-refractivity contribution >= 4 is 11.6 Å². The lowest BCUT2D eigenvalue weighted by Crippen LogP contribution is -2.48. The van der Waals surface area contributed by atoms with Crippen LogP contribution in [0.3, 0.4) is 0 Å². The summed E-state index contributed by atoms with van der Waals surface area (Å²) in [7, 11) is 0. The minimum absolute atomic E-state index is 0.0451. The van der Waals surface area contributed by atoms with E-state index in [-0.39, 0.29) is 11.5 Å². The Labute approximate surface area is 122 Å². The quantitative estimate of drug-likeness (QED) is 0.725. The second kappa shape index (κ2) is 4.18. The number of benzene rings is 1. The first-order valence-corrected chi connectivity index (χ1v) is 6.58. The summed E-state index contributed by atoms with van der Waals surface area (Å²) in [5, 5.41) is 3.19. The lowest BCUT2D eigenvalue weighted by Gasteiger charge is -2.31. The van der Waals surface area contributed by atoms with Crippen molar-refractivity contribution in [3.05, 3.63) is 46.6 Å². The van der Waals surface area contributed by atoms with Crippen LogP contribution in [0, 0.1) is 13.8 Å². The van der Waals surface area contributed by atoms with E-state index in [4.69, 9.17) is 20.9 Å². The predicted molar refractivity (Wildman–Crippen MR) is 78.1 cm³/mol. The molecule has 0 saturated heterocycles. The van der Waals surface area contributed by atoms with Gasteiger partial charge in [0.15, 0.2) is 0 Å². The molecule has 110 valence electrons. The van der Waals surface area contributed by atoms with Crippen LogP contribution in [-0.2, 0) is 9.53 Å². The first-order valence-electron chi connectivity index (χ1n) is 6.58. The first kappa shape index (κ1) is 13.4. The third-order valence-electron chi connectivity index (χ3n) is 3.73. The second-order valence-corrected chi connectivity index (χ2v) is 5.36. The number of hydrogen-bond donors (Lipinski definition) is 3. The van der Waals surface area contributed by atoms with Crippen molar-refractivity contribution in [2.24, 2.45) is 11.5 Å². The molecule has 0 aliphatic carbocycles. The Bertz CT molecular complexity index is 688. The maximum Gasteiger partial charge on any atom is 0.256 e. The average molecular weight is 287 g/mol. The van der Waals surface area contributed by atoms with Gasteiger partial charge in [0.1, 0.15) is 17.1 Å². The molecule has 1 unspecified atom stereocenters. The highest BCUT2D eigenvalue weighted by Gasteiger charge is 2.48. The number of amides is 1. The number of allylic oxidation sites excluding steroid dienone is 1. The van der Waals surface area contributed by atoms with Gasteiger partial charge < -0.3 is 26.3 Å². The molecular formula is C15H17N3O3. The van der Waals surface area contributed by atoms with Gasteiger partial charge in [-0.05, 0) is 44.0 Å². The van der Waals surface area contributed by atoms with Crippen LogP contribution in [-0.4, -0.2) is 11.6 Å². The molecule has 0 fully saturated rings. The van der Waals surface area contributed by atoms with E-state index >= 15 is 0 Å². The van der Waals surface area contributed by atoms with E-state index < -0.39 is 11.6 Å². The lowest BCUT2D eigenvalue weighted by atomic mass is 9.99. The summed E-state index contributed by atoms with van der Waals surface area (Å²) in [5.74, 6) is 0.447. The molecule has 1 atom stereocenters. The van der Waals surface area contributed by atoms with E-state index in [0.717, 1.165) is 16.8 Å². The molecule has 2 aliphatic heterocycles. The molecule has 1 aromatic rings. The third-order valence-corrected chi connectivity index (χ3v) is 3.73. The number of hydrogen-bond acceptors (Lipinski definition) is 5. The van der Waals surface area contributed by atoms with Gasteiger partial charge in [-0.15, -0.1) is 0 Å². The highest BCUT2D eigenvalue weighted by Crippen LogP contribution is 2.44. The maximum atomic E-state index is 11.8. The normalized spacial score (nSPS) is 23.1. The summed E-state index contributed by atoms with van der Waals surface area (Å²) < 4.78 is 11.3. The fourth-order valence-corrected chi connectivity index (χ4v) is 2.65. The van der Waals surface area contributed by atoms with Crippen LogP contribution in [0.4, 0.5) is 5.69 Å². The topological polar surface area (TPSA) is 99.6 Å². The van der Waals surface area contributed by atoms with Crippen LogP contribution >= 0.6 is 0 Å². The van der Waals surface area contributed by atoms with Gasteiger partial charge in [0.05, 0.1) is 5.69 Å². The number of fused-ring (bicyclic) bond motifs is 1. The molecule has 2 aliphatic rings. The lowest BCUT2D eigenvalue weighted by molar-refractivity contribution is -0.116. The number of rotatable bonds is 1. The number of nitrogens with one attached hydrogen (secondary N) is 1. The molecule has 6 heteroatoms. The number of carbonyl (C=O) groups excluding carboxylic acids is 1. The van der Waals surface area contributed by atoms with E-state index in [1.165, 1.54) is 0 Å². The van der Waals surface area contributed by atoms with E-state index in [2.05, 4.69) is 5.32 Å². The molecule has 1 aromatic carbocycles. The summed E-state index contributed by atoms with van der Waals surface area (Å²) >= 11 is 0. The summed E-state index contributed by atoms with van der Waals surface area (Å²) in [5.41, 5.74) is 13.1. The monoisotopic (exact) mass is 287 g/mol. The molecule has 3 rings (SSSR count). The molecular weight excluding hydrogens is 270 g/mol. The third kappa shape index (κ3) is 1.91. The molecule has 21 heavy (non-hydrogen) atoms. The van der Waals surface area contributed by atoms with Crippen molar-refractivity contribution < 1.29 is 14.3 Å². The SMILES string of the molecule is CC1=CC2(Nc3cc(C)c(C)cc3O2)C(C(N)=O)=C(N)O1. The molecule has 0 bridgehead atoms. The number of ether oxygens (including phenoxy) is 2. The van der Waals surface area contributed by atoms with Crippen LogP contribution in [0.15, 0.2) is 35.4 Å². The molecule has 0 aromatic heterocycles. The summed E-state index contributed by atoms with van der Waals surface area (Å²) in [6, 6.07) is 3.88. The van der Waals surface area contributed by atoms with Gasteiger partial charge in [-0.1, -0.05) is 0 Å². The Morgan fingerprint density at radius 1 is 1.24 bits per heavy atom. The molecule has 1 amide bonds. The van der Waals surface area contributed by atoms with Gasteiger partial charge in [-0.25, -0.2) is 0 Å². The number of primary amides is 1. The Morgan fingerprint density at radius 2 is 1.90 bits per heavy atom. The Kier molecular flexibility index (Phi) is 2.66. The minimum atomic E-state index is -1.21. The van der Waals surface area contributed by atoms with Crippen LogP contribution < -0.4 is 21.5 Å². The van der Waals surface area contributed by atoms with Gasteiger partial charge in [-0.2, -0.15) is 0 Å². The van der Waals surface area contributed by atoms with Crippen LogP contribution in [0.25, 0.3) is 0 Å². The highest BCUT2D eigenvalue weighted by atomic mass is 16.5. The fourth-order valence-electron chi connectivity index (χ4n) is 2.65. The zero-order chi connectivity index (χ0) is 15.4. The van der Waals surface area contributed by atoms with E-state index in [9.17, 15) is 4.79 Å². The number of nitrogens with two attached hydrogens (primary N) is 2. The molecule has 5 N–H and O–H groups in total. The number of aryl methyl sites for hydroxylation is 2. The zero-order valence-corrected chi connectivity index (χ0v) is 12.1. The number of carbonyl (C=O) groups is 1. The Balaban J connectivity index is 2.14. The van der Waals surface area contributed by atoms with Gasteiger partial charge in [0.25, 0.3) is 5.91 Å². The smallest absolute Gasteiger partial charge is 0.256 e. The van der Waals surface area contributed by atoms with E-state index in [0.29, 0.717) is 11.5 Å². The summed E-state index contributed by atoms with van der Waals surface area (Å²) in [6.07, 6.45) is 1.66. The van der Waals surface area contributed by atoms with E-state index in [1.54, 1.807) is 13.0 Å². The zero-order valence-electron chi connectivity index (χ0n) is 12.1. The predicted octanol–water partition coefficient (Wildman–Crippen LogP) is 1.39. The fraction of sp³-hybridized carbons (Fsp3) is 0.267. The van der Waals surface area contributed by atoms with Crippen molar-refractivity contribution in [2.75, 3.05) is 5.32 Å². The summed E-state index contributed by atoms with van der Waals surface area (Å²) in [4.78, 5) is 11.8. The van der Waals surface area contributed by atoms with Gasteiger partial charge >= 0.3 is 0 Å². The average Bonchev–Trinajstić information content (AvgIpc) is 2.64.